The molecule has 0 rings (SSSR count). The molecule has 2 N–H and O–H groups in total. The summed E-state index contributed by atoms with van der Waals surface area (Å²) in [6.07, 6.45) is 4.00. The average molecular weight is 274 g/mol. The maximum Gasteiger partial charge on any atom is 0.302 e. The number of carbonyl (C=O) groups is 1. The van der Waals surface area contributed by atoms with Gasteiger partial charge in [-0.2, -0.15) is 0 Å². The molecule has 0 aromatic carbocycles. The molecule has 19 heavy (non-hydrogen) atoms. The highest BCUT2D eigenvalue weighted by molar-refractivity contribution is 5.65. The molecule has 0 aliphatic heterocycles. The van der Waals surface area contributed by atoms with Crippen molar-refractivity contribution < 1.29 is 24.5 Å². The molecule has 5 nitrogen and oxygen atoms in total. The molecule has 0 heterocycles. The molecule has 0 aromatic heterocycles. The smallest absolute Gasteiger partial charge is 0.302 e. The van der Waals surface area contributed by atoms with Crippen molar-refractivity contribution in [2.45, 2.75) is 20.3 Å². The molecule has 0 aromatic rings. The molecule has 0 saturated heterocycles. The first-order valence-corrected chi connectivity index (χ1v) is 6.16. The summed E-state index contributed by atoms with van der Waals surface area (Å²) in [5, 5.41) is 17.9. The minimum Gasteiger partial charge on any atom is -0.465 e. The highest BCUT2D eigenvalue weighted by Gasteiger charge is 2.27. The van der Waals surface area contributed by atoms with Crippen LogP contribution >= 0.6 is 0 Å². The summed E-state index contributed by atoms with van der Waals surface area (Å²) in [7, 11) is 0. The normalized spacial score (nSPS) is 10.1. The average Bonchev–Trinajstić information content (AvgIpc) is 2.42. The number of ether oxygens (including phenoxy) is 2. The van der Waals surface area contributed by atoms with Crippen LogP contribution in [0.2, 0.25) is 0 Å². The van der Waals surface area contributed by atoms with E-state index >= 15 is 0 Å². The van der Waals surface area contributed by atoms with Crippen molar-refractivity contribution in [1.29, 1.82) is 0 Å². The molecule has 0 radical (unpaired) electrons. The topological polar surface area (TPSA) is 76.0 Å². The Bertz CT molecular complexity index is 230. The van der Waals surface area contributed by atoms with Crippen LogP contribution in [0.3, 0.4) is 0 Å². The van der Waals surface area contributed by atoms with Gasteiger partial charge in [0, 0.05) is 6.92 Å². The largest absolute Gasteiger partial charge is 0.465 e. The minimum absolute atomic E-state index is 0.0752. The molecule has 0 bridgehead atoms. The quantitative estimate of drug-likeness (QED) is 0.376. The van der Waals surface area contributed by atoms with Crippen LogP contribution in [0.15, 0.2) is 25.3 Å². The molecule has 0 spiro atoms. The summed E-state index contributed by atoms with van der Waals surface area (Å²) in [5.41, 5.74) is -0.675. The Kier molecular flexibility index (Phi) is 14.1. The van der Waals surface area contributed by atoms with Gasteiger partial charge in [0.05, 0.1) is 31.8 Å². The summed E-state index contributed by atoms with van der Waals surface area (Å²) in [5.74, 6) is -0.394. The molecule has 112 valence electrons. The van der Waals surface area contributed by atoms with Crippen LogP contribution < -0.4 is 0 Å². The van der Waals surface area contributed by atoms with Crippen LogP contribution in [-0.2, 0) is 14.3 Å². The second kappa shape index (κ2) is 13.3. The van der Waals surface area contributed by atoms with Gasteiger partial charge >= 0.3 is 5.97 Å². The van der Waals surface area contributed by atoms with Gasteiger partial charge in [0.15, 0.2) is 0 Å². The zero-order chi connectivity index (χ0) is 15.1. The van der Waals surface area contributed by atoms with Gasteiger partial charge in [-0.3, -0.25) is 4.79 Å². The lowest BCUT2D eigenvalue weighted by Crippen LogP contribution is -2.35. The second-order valence-electron chi connectivity index (χ2n) is 4.06. The van der Waals surface area contributed by atoms with Crippen molar-refractivity contribution in [3.05, 3.63) is 25.3 Å². The molecule has 0 saturated carbocycles. The number of carbonyl (C=O) groups excluding carboxylic acids is 1. The third-order valence-electron chi connectivity index (χ3n) is 2.47. The third kappa shape index (κ3) is 11.6. The van der Waals surface area contributed by atoms with Crippen molar-refractivity contribution in [2.24, 2.45) is 5.41 Å². The van der Waals surface area contributed by atoms with E-state index in [9.17, 15) is 4.79 Å². The number of hydrogen-bond donors (Lipinski definition) is 2. The second-order valence-corrected chi connectivity index (χ2v) is 4.06. The fourth-order valence-corrected chi connectivity index (χ4v) is 0.956. The lowest BCUT2D eigenvalue weighted by molar-refractivity contribution is -0.147. The van der Waals surface area contributed by atoms with E-state index in [4.69, 9.17) is 19.7 Å². The Morgan fingerprint density at radius 3 is 1.95 bits per heavy atom. The van der Waals surface area contributed by atoms with Crippen LogP contribution in [0.25, 0.3) is 0 Å². The molecule has 5 heteroatoms. The zero-order valence-electron chi connectivity index (χ0n) is 11.9. The van der Waals surface area contributed by atoms with E-state index in [-0.39, 0.29) is 19.8 Å². The minimum atomic E-state index is -0.675. The molecular weight excluding hydrogens is 248 g/mol. The van der Waals surface area contributed by atoms with Gasteiger partial charge in [-0.1, -0.05) is 19.1 Å². The Morgan fingerprint density at radius 1 is 1.21 bits per heavy atom. The van der Waals surface area contributed by atoms with E-state index in [0.717, 1.165) is 0 Å². The number of rotatable bonds is 9. The Hall–Kier alpha value is -1.17. The van der Waals surface area contributed by atoms with Crippen molar-refractivity contribution in [1.82, 2.24) is 0 Å². The highest BCUT2D eigenvalue weighted by atomic mass is 16.5. The van der Waals surface area contributed by atoms with Gasteiger partial charge in [-0.25, -0.2) is 0 Å². The van der Waals surface area contributed by atoms with Gasteiger partial charge in [0.1, 0.15) is 6.61 Å². The first-order chi connectivity index (χ1) is 9.01. The van der Waals surface area contributed by atoms with E-state index in [1.54, 1.807) is 12.2 Å². The molecule has 0 aliphatic rings. The van der Waals surface area contributed by atoms with Crippen molar-refractivity contribution in [3.8, 4) is 0 Å². The van der Waals surface area contributed by atoms with E-state index in [2.05, 4.69) is 13.2 Å². The van der Waals surface area contributed by atoms with Gasteiger partial charge in [-0.05, 0) is 6.42 Å². The molecule has 0 amide bonds. The summed E-state index contributed by atoms with van der Waals surface area (Å²) >= 11 is 0. The molecule has 0 atom stereocenters. The fourth-order valence-electron chi connectivity index (χ4n) is 0.956. The van der Waals surface area contributed by atoms with Crippen LogP contribution in [0.4, 0.5) is 0 Å². The molecule has 0 aliphatic carbocycles. The van der Waals surface area contributed by atoms with Crippen LogP contribution in [0.1, 0.15) is 20.3 Å². The number of aliphatic hydroxyl groups is 2. The van der Waals surface area contributed by atoms with Gasteiger partial charge in [0.2, 0.25) is 0 Å². The Morgan fingerprint density at radius 2 is 1.68 bits per heavy atom. The standard InChI is InChI=1S/C8H16O4.C6H10O/c1-3-8(4-9,5-10)6-12-7(2)11;1-3-5-7-6-4-2/h9-10H,3-6H2,1-2H3;3-4H,1-2,5-6H2. The number of aliphatic hydroxyl groups excluding tert-OH is 2. The summed E-state index contributed by atoms with van der Waals surface area (Å²) in [6, 6.07) is 0. The van der Waals surface area contributed by atoms with Gasteiger partial charge in [-0.15, -0.1) is 13.2 Å². The maximum atomic E-state index is 10.5. The first kappa shape index (κ1) is 20.2. The van der Waals surface area contributed by atoms with Crippen LogP contribution in [0, 0.1) is 5.41 Å². The maximum absolute atomic E-state index is 10.5. The number of hydrogen-bond acceptors (Lipinski definition) is 5. The van der Waals surface area contributed by atoms with Crippen LogP contribution in [0.5, 0.6) is 0 Å². The monoisotopic (exact) mass is 274 g/mol. The first-order valence-electron chi connectivity index (χ1n) is 6.16. The SMILES string of the molecule is C=CCOCC=C.CCC(CO)(CO)COC(C)=O. The van der Waals surface area contributed by atoms with Crippen molar-refractivity contribution >= 4 is 5.97 Å². The van der Waals surface area contributed by atoms with Gasteiger partial charge in [0.25, 0.3) is 0 Å². The summed E-state index contributed by atoms with van der Waals surface area (Å²) < 4.78 is 9.62. The lowest BCUT2D eigenvalue weighted by atomic mass is 9.88. The van der Waals surface area contributed by atoms with E-state index in [1.165, 1.54) is 6.92 Å². The van der Waals surface area contributed by atoms with E-state index in [0.29, 0.717) is 19.6 Å². The predicted molar refractivity (Wildman–Crippen MR) is 74.7 cm³/mol. The van der Waals surface area contributed by atoms with Crippen molar-refractivity contribution in [2.75, 3.05) is 33.0 Å². The summed E-state index contributed by atoms with van der Waals surface area (Å²) in [4.78, 5) is 10.5. The van der Waals surface area contributed by atoms with Gasteiger partial charge < -0.3 is 19.7 Å². The number of esters is 1. The lowest BCUT2D eigenvalue weighted by Gasteiger charge is -2.27. The van der Waals surface area contributed by atoms with E-state index < -0.39 is 11.4 Å². The zero-order valence-corrected chi connectivity index (χ0v) is 11.9. The molecular formula is C14H26O5. The molecule has 0 unspecified atom stereocenters. The predicted octanol–water partition coefficient (Wildman–Crippen LogP) is 1.31. The van der Waals surface area contributed by atoms with Crippen molar-refractivity contribution in [3.63, 3.8) is 0 Å². The Labute approximate surface area is 115 Å². The van der Waals surface area contributed by atoms with E-state index in [1.807, 2.05) is 6.92 Å². The highest BCUT2D eigenvalue weighted by Crippen LogP contribution is 2.20. The molecule has 0 fully saturated rings. The summed E-state index contributed by atoms with van der Waals surface area (Å²) in [6.45, 7) is 11.0. The fraction of sp³-hybridized carbons (Fsp3) is 0.643. The Balaban J connectivity index is 0. The van der Waals surface area contributed by atoms with Crippen LogP contribution in [-0.4, -0.2) is 49.2 Å². The third-order valence-corrected chi connectivity index (χ3v) is 2.47.